The van der Waals surface area contributed by atoms with Gasteiger partial charge in [0.15, 0.2) is 0 Å². The smallest absolute Gasteiger partial charge is 0.393 e. The Morgan fingerprint density at radius 3 is 2.56 bits per heavy atom. The van der Waals surface area contributed by atoms with Crippen LogP contribution >= 0.6 is 23.6 Å². The fourth-order valence-corrected chi connectivity index (χ4v) is 2.60. The molecule has 1 rings (SSSR count). The predicted octanol–water partition coefficient (Wildman–Crippen LogP) is 3.21. The molecule has 2 N–H and O–H groups in total. The van der Waals surface area contributed by atoms with E-state index in [2.05, 4.69) is 12.2 Å². The van der Waals surface area contributed by atoms with Crippen molar-refractivity contribution in [3.63, 3.8) is 0 Å². The first-order chi connectivity index (χ1) is 8.23. The first-order valence-corrected chi connectivity index (χ1v) is 6.62. The van der Waals surface area contributed by atoms with Crippen molar-refractivity contribution < 1.29 is 13.2 Å². The van der Waals surface area contributed by atoms with Crippen molar-refractivity contribution in [1.29, 1.82) is 0 Å². The van der Waals surface area contributed by atoms with Crippen LogP contribution in [0, 0.1) is 5.92 Å². The van der Waals surface area contributed by atoms with Crippen molar-refractivity contribution in [2.75, 3.05) is 13.6 Å². The summed E-state index contributed by atoms with van der Waals surface area (Å²) in [5.41, 5.74) is 5.18. The van der Waals surface area contributed by atoms with Crippen LogP contribution in [0.1, 0.15) is 17.8 Å². The lowest BCUT2D eigenvalue weighted by atomic mass is 10.1. The third kappa shape index (κ3) is 3.93. The van der Waals surface area contributed by atoms with Crippen LogP contribution in [0.5, 0.6) is 0 Å². The summed E-state index contributed by atoms with van der Waals surface area (Å²) in [7, 11) is 1.64. The molecular weight excluding hydrogens is 281 g/mol. The van der Waals surface area contributed by atoms with Gasteiger partial charge in [-0.1, -0.05) is 18.3 Å². The molecule has 0 aliphatic carbocycles. The molecule has 0 radical (unpaired) electrons. The number of thiocarbonyl (C=S) groups is 1. The number of halogens is 3. The molecule has 0 saturated carbocycles. The zero-order valence-electron chi connectivity index (χ0n) is 10.1. The summed E-state index contributed by atoms with van der Waals surface area (Å²) in [4.78, 5) is 2.12. The molecule has 2 atom stereocenters. The van der Waals surface area contributed by atoms with Crippen LogP contribution in [0.15, 0.2) is 17.5 Å². The van der Waals surface area contributed by atoms with Gasteiger partial charge in [0.25, 0.3) is 0 Å². The van der Waals surface area contributed by atoms with E-state index in [1.807, 2.05) is 24.4 Å². The quantitative estimate of drug-likeness (QED) is 0.846. The Balaban J connectivity index is 2.73. The number of alkyl halides is 3. The Labute approximate surface area is 114 Å². The highest BCUT2D eigenvalue weighted by atomic mass is 32.1. The molecule has 102 valence electrons. The Kier molecular flexibility index (Phi) is 5.12. The molecule has 0 amide bonds. The zero-order chi connectivity index (χ0) is 13.9. The Morgan fingerprint density at radius 2 is 2.17 bits per heavy atom. The lowest BCUT2D eigenvalue weighted by Gasteiger charge is -2.29. The van der Waals surface area contributed by atoms with Gasteiger partial charge in [0.05, 0.1) is 4.99 Å². The summed E-state index contributed by atoms with van der Waals surface area (Å²) in [6, 6.07) is 3.68. The highest BCUT2D eigenvalue weighted by Gasteiger charge is 2.42. The molecule has 1 aromatic rings. The van der Waals surface area contributed by atoms with Gasteiger partial charge in [-0.05, 0) is 25.4 Å². The number of nitrogens with two attached hydrogens (primary N) is 1. The van der Waals surface area contributed by atoms with Crippen LogP contribution in [0.2, 0.25) is 0 Å². The average Bonchev–Trinajstić information content (AvgIpc) is 2.75. The van der Waals surface area contributed by atoms with Gasteiger partial charge in [-0.3, -0.25) is 4.90 Å². The van der Waals surface area contributed by atoms with Gasteiger partial charge in [-0.15, -0.1) is 11.3 Å². The predicted molar refractivity (Wildman–Crippen MR) is 71.7 cm³/mol. The number of thiophene rings is 1. The summed E-state index contributed by atoms with van der Waals surface area (Å²) in [6.07, 6.45) is -4.39. The lowest BCUT2D eigenvalue weighted by Crippen LogP contribution is -2.42. The van der Waals surface area contributed by atoms with E-state index in [-0.39, 0.29) is 12.6 Å². The maximum Gasteiger partial charge on any atom is 0.399 e. The van der Waals surface area contributed by atoms with E-state index in [0.29, 0.717) is 0 Å². The zero-order valence-corrected chi connectivity index (χ0v) is 11.7. The minimum Gasteiger partial charge on any atom is -0.393 e. The standard InChI is InChI=1S/C11H15F3N2S2/c1-7(9-4-3-5-18-9)16(2)6-8(10(15)17)11(12,13)14/h3-5,7-8H,6H2,1-2H3,(H2,15,17). The van der Waals surface area contributed by atoms with Crippen LogP contribution < -0.4 is 5.73 Å². The fraction of sp³-hybridized carbons (Fsp3) is 0.545. The molecule has 2 unspecified atom stereocenters. The van der Waals surface area contributed by atoms with Crippen molar-refractivity contribution >= 4 is 28.5 Å². The highest BCUT2D eigenvalue weighted by molar-refractivity contribution is 7.80. The van der Waals surface area contributed by atoms with E-state index in [0.717, 1.165) is 4.88 Å². The van der Waals surface area contributed by atoms with E-state index >= 15 is 0 Å². The van der Waals surface area contributed by atoms with Crippen molar-refractivity contribution in [3.8, 4) is 0 Å². The molecule has 7 heteroatoms. The number of hydrogen-bond donors (Lipinski definition) is 1. The van der Waals surface area contributed by atoms with Crippen molar-refractivity contribution in [2.45, 2.75) is 19.1 Å². The summed E-state index contributed by atoms with van der Waals surface area (Å²) >= 11 is 6.02. The van der Waals surface area contributed by atoms with E-state index < -0.39 is 17.1 Å². The SMILES string of the molecule is CC(c1cccs1)N(C)CC(C(N)=S)C(F)(F)F. The van der Waals surface area contributed by atoms with Crippen LogP contribution in [0.3, 0.4) is 0 Å². The Hall–Kier alpha value is -0.660. The molecule has 0 fully saturated rings. The van der Waals surface area contributed by atoms with Gasteiger partial charge in [-0.2, -0.15) is 13.2 Å². The summed E-state index contributed by atoms with van der Waals surface area (Å²) in [5, 5.41) is 1.90. The van der Waals surface area contributed by atoms with Crippen molar-refractivity contribution in [2.24, 2.45) is 11.7 Å². The molecular formula is C11H15F3N2S2. The number of hydrogen-bond acceptors (Lipinski definition) is 3. The largest absolute Gasteiger partial charge is 0.399 e. The molecule has 0 aromatic carbocycles. The van der Waals surface area contributed by atoms with Gasteiger partial charge in [0.1, 0.15) is 5.92 Å². The molecule has 0 aliphatic rings. The van der Waals surface area contributed by atoms with Gasteiger partial charge < -0.3 is 5.73 Å². The Bertz CT molecular complexity index is 389. The molecule has 1 aromatic heterocycles. The van der Waals surface area contributed by atoms with Gasteiger partial charge in [0.2, 0.25) is 0 Å². The van der Waals surface area contributed by atoms with Crippen LogP contribution in [-0.4, -0.2) is 29.7 Å². The first-order valence-electron chi connectivity index (χ1n) is 5.33. The molecule has 1 heterocycles. The van der Waals surface area contributed by atoms with E-state index in [9.17, 15) is 13.2 Å². The van der Waals surface area contributed by atoms with E-state index in [4.69, 9.17) is 5.73 Å². The molecule has 0 bridgehead atoms. The first kappa shape index (κ1) is 15.4. The van der Waals surface area contributed by atoms with Crippen molar-refractivity contribution in [3.05, 3.63) is 22.4 Å². The Morgan fingerprint density at radius 1 is 1.56 bits per heavy atom. The highest BCUT2D eigenvalue weighted by Crippen LogP contribution is 2.30. The summed E-state index contributed by atoms with van der Waals surface area (Å²) in [5.74, 6) is -1.76. The monoisotopic (exact) mass is 296 g/mol. The topological polar surface area (TPSA) is 29.3 Å². The number of rotatable bonds is 5. The minimum absolute atomic E-state index is 0.0933. The minimum atomic E-state index is -4.39. The molecule has 2 nitrogen and oxygen atoms in total. The average molecular weight is 296 g/mol. The summed E-state index contributed by atoms with van der Waals surface area (Å²) in [6.45, 7) is 1.64. The second-order valence-corrected chi connectivity index (χ2v) is 5.58. The maximum atomic E-state index is 12.7. The third-order valence-electron chi connectivity index (χ3n) is 2.83. The van der Waals surface area contributed by atoms with E-state index in [1.54, 1.807) is 11.9 Å². The molecule has 0 spiro atoms. The maximum absolute atomic E-state index is 12.7. The van der Waals surface area contributed by atoms with Gasteiger partial charge in [-0.25, -0.2) is 0 Å². The molecule has 18 heavy (non-hydrogen) atoms. The van der Waals surface area contributed by atoms with Gasteiger partial charge >= 0.3 is 6.18 Å². The lowest BCUT2D eigenvalue weighted by molar-refractivity contribution is -0.159. The molecule has 0 saturated heterocycles. The van der Waals surface area contributed by atoms with Crippen molar-refractivity contribution in [1.82, 2.24) is 4.90 Å². The second-order valence-electron chi connectivity index (χ2n) is 4.13. The normalized spacial score (nSPS) is 15.7. The third-order valence-corrected chi connectivity index (χ3v) is 4.15. The second kappa shape index (κ2) is 5.99. The molecule has 0 aliphatic heterocycles. The van der Waals surface area contributed by atoms with Crippen LogP contribution in [-0.2, 0) is 0 Å². The summed E-state index contributed by atoms with van der Waals surface area (Å²) < 4.78 is 38.2. The van der Waals surface area contributed by atoms with Gasteiger partial charge in [0, 0.05) is 17.5 Å². The fourth-order valence-electron chi connectivity index (χ4n) is 1.55. The van der Waals surface area contributed by atoms with E-state index in [1.165, 1.54) is 11.3 Å². The van der Waals surface area contributed by atoms with Crippen LogP contribution in [0.25, 0.3) is 0 Å². The van der Waals surface area contributed by atoms with Crippen LogP contribution in [0.4, 0.5) is 13.2 Å². The number of nitrogens with zero attached hydrogens (tertiary/aromatic N) is 1.